The molecule has 4 heteroatoms. The van der Waals surface area contributed by atoms with Gasteiger partial charge >= 0.3 is 0 Å². The zero-order valence-corrected chi connectivity index (χ0v) is 8.63. The Hall–Kier alpha value is -1.58. The van der Waals surface area contributed by atoms with Crippen LogP contribution in [0.2, 0.25) is 0 Å². The maximum absolute atomic E-state index is 12.7. The van der Waals surface area contributed by atoms with Crippen molar-refractivity contribution < 1.29 is 4.39 Å². The van der Waals surface area contributed by atoms with Crippen molar-refractivity contribution in [2.75, 3.05) is 13.1 Å². The van der Waals surface area contributed by atoms with Crippen molar-refractivity contribution in [3.8, 4) is 0 Å². The summed E-state index contributed by atoms with van der Waals surface area (Å²) in [6.07, 6.45) is 0. The fraction of sp³-hybridized carbons (Fsp3) is 0.364. The van der Waals surface area contributed by atoms with E-state index in [0.717, 1.165) is 24.6 Å². The van der Waals surface area contributed by atoms with E-state index in [4.69, 9.17) is 0 Å². The van der Waals surface area contributed by atoms with Crippen LogP contribution in [-0.2, 0) is 0 Å². The fourth-order valence-electron chi connectivity index (χ4n) is 1.53. The number of benzene rings is 1. The molecule has 80 valence electrons. The Balaban J connectivity index is 2.00. The zero-order valence-electron chi connectivity index (χ0n) is 8.63. The van der Waals surface area contributed by atoms with Crippen LogP contribution < -0.4 is 10.6 Å². The minimum absolute atomic E-state index is 0.134. The first-order valence-electron chi connectivity index (χ1n) is 5.06. The van der Waals surface area contributed by atoms with Crippen LogP contribution in [0, 0.1) is 5.82 Å². The lowest BCUT2D eigenvalue weighted by Crippen LogP contribution is -2.35. The molecule has 0 amide bonds. The van der Waals surface area contributed by atoms with E-state index in [-0.39, 0.29) is 11.9 Å². The van der Waals surface area contributed by atoms with Gasteiger partial charge in [0.2, 0.25) is 0 Å². The SMILES string of the molecule is C[C@@H](NC1=NCCN1)c1ccc(F)cc1. The van der Waals surface area contributed by atoms with Crippen molar-refractivity contribution in [1.29, 1.82) is 0 Å². The highest BCUT2D eigenvalue weighted by atomic mass is 19.1. The molecule has 2 N–H and O–H groups in total. The molecule has 1 heterocycles. The third kappa shape index (κ3) is 2.46. The summed E-state index contributed by atoms with van der Waals surface area (Å²) in [5.41, 5.74) is 1.05. The van der Waals surface area contributed by atoms with Gasteiger partial charge < -0.3 is 10.6 Å². The summed E-state index contributed by atoms with van der Waals surface area (Å²) in [7, 11) is 0. The lowest BCUT2D eigenvalue weighted by atomic mass is 10.1. The van der Waals surface area contributed by atoms with E-state index in [9.17, 15) is 4.39 Å². The van der Waals surface area contributed by atoms with Crippen LogP contribution in [0.5, 0.6) is 0 Å². The molecule has 0 fully saturated rings. The third-order valence-electron chi connectivity index (χ3n) is 2.40. The van der Waals surface area contributed by atoms with Gasteiger partial charge in [0.05, 0.1) is 12.6 Å². The second kappa shape index (κ2) is 4.29. The summed E-state index contributed by atoms with van der Waals surface area (Å²) in [5.74, 6) is 0.620. The summed E-state index contributed by atoms with van der Waals surface area (Å²) in [4.78, 5) is 4.24. The van der Waals surface area contributed by atoms with Crippen molar-refractivity contribution in [2.45, 2.75) is 13.0 Å². The Bertz CT molecular complexity index is 359. The van der Waals surface area contributed by atoms with Gasteiger partial charge in [-0.1, -0.05) is 12.1 Å². The molecule has 0 unspecified atom stereocenters. The summed E-state index contributed by atoms with van der Waals surface area (Å²) in [6.45, 7) is 3.73. The fourth-order valence-corrected chi connectivity index (χ4v) is 1.53. The van der Waals surface area contributed by atoms with Crippen molar-refractivity contribution >= 4 is 5.96 Å². The molecule has 0 spiro atoms. The molecule has 2 rings (SSSR count). The monoisotopic (exact) mass is 207 g/mol. The van der Waals surface area contributed by atoms with Crippen molar-refractivity contribution in [1.82, 2.24) is 10.6 Å². The molecule has 15 heavy (non-hydrogen) atoms. The highest BCUT2D eigenvalue weighted by Gasteiger charge is 2.10. The van der Waals surface area contributed by atoms with E-state index in [2.05, 4.69) is 15.6 Å². The quantitative estimate of drug-likeness (QED) is 0.769. The van der Waals surface area contributed by atoms with Crippen LogP contribution in [0.3, 0.4) is 0 Å². The minimum Gasteiger partial charge on any atom is -0.355 e. The Morgan fingerprint density at radius 1 is 1.40 bits per heavy atom. The van der Waals surface area contributed by atoms with Crippen molar-refractivity contribution in [2.24, 2.45) is 4.99 Å². The maximum atomic E-state index is 12.7. The first-order chi connectivity index (χ1) is 7.25. The Morgan fingerprint density at radius 3 is 2.73 bits per heavy atom. The standard InChI is InChI=1S/C11H14FN3/c1-8(15-11-13-6-7-14-11)9-2-4-10(12)5-3-9/h2-5,8H,6-7H2,1H3,(H2,13,14,15)/t8-/m1/s1. The molecule has 1 aromatic rings. The summed E-state index contributed by atoms with van der Waals surface area (Å²) < 4.78 is 12.7. The predicted octanol–water partition coefficient (Wildman–Crippen LogP) is 1.44. The molecule has 0 radical (unpaired) electrons. The van der Waals surface area contributed by atoms with E-state index < -0.39 is 0 Å². The molecule has 0 saturated carbocycles. The second-order valence-electron chi connectivity index (χ2n) is 3.57. The summed E-state index contributed by atoms with van der Waals surface area (Å²) >= 11 is 0. The number of nitrogens with one attached hydrogen (secondary N) is 2. The molecule has 1 atom stereocenters. The summed E-state index contributed by atoms with van der Waals surface area (Å²) in [5, 5.41) is 6.36. The summed E-state index contributed by atoms with van der Waals surface area (Å²) in [6, 6.07) is 6.63. The van der Waals surface area contributed by atoms with Gasteiger partial charge in [-0.25, -0.2) is 4.39 Å². The molecule has 1 aliphatic rings. The molecule has 0 aromatic heterocycles. The lowest BCUT2D eigenvalue weighted by molar-refractivity contribution is 0.624. The lowest BCUT2D eigenvalue weighted by Gasteiger charge is -2.15. The molecular weight excluding hydrogens is 193 g/mol. The third-order valence-corrected chi connectivity index (χ3v) is 2.40. The maximum Gasteiger partial charge on any atom is 0.191 e. The van der Waals surface area contributed by atoms with Crippen molar-refractivity contribution in [3.63, 3.8) is 0 Å². The number of nitrogens with zero attached hydrogens (tertiary/aromatic N) is 1. The van der Waals surface area contributed by atoms with Gasteiger partial charge in [-0.15, -0.1) is 0 Å². The van der Waals surface area contributed by atoms with Gasteiger partial charge in [0.25, 0.3) is 0 Å². The van der Waals surface area contributed by atoms with Gasteiger partial charge in [-0.05, 0) is 24.6 Å². The molecular formula is C11H14FN3. The smallest absolute Gasteiger partial charge is 0.191 e. The van der Waals surface area contributed by atoms with E-state index >= 15 is 0 Å². The van der Waals surface area contributed by atoms with Crippen LogP contribution in [0.25, 0.3) is 0 Å². The molecule has 1 aromatic carbocycles. The highest BCUT2D eigenvalue weighted by Crippen LogP contribution is 2.12. The van der Waals surface area contributed by atoms with Gasteiger partial charge in [0, 0.05) is 6.54 Å². The van der Waals surface area contributed by atoms with Crippen LogP contribution in [-0.4, -0.2) is 19.0 Å². The van der Waals surface area contributed by atoms with Gasteiger partial charge in [-0.2, -0.15) is 0 Å². The Kier molecular flexibility index (Phi) is 2.85. The molecule has 0 saturated heterocycles. The minimum atomic E-state index is -0.206. The van der Waals surface area contributed by atoms with Gasteiger partial charge in [0.15, 0.2) is 5.96 Å². The average molecular weight is 207 g/mol. The zero-order chi connectivity index (χ0) is 10.7. The van der Waals surface area contributed by atoms with Crippen molar-refractivity contribution in [3.05, 3.63) is 35.6 Å². The number of aliphatic imine (C=N–C) groups is 1. The van der Waals surface area contributed by atoms with Crippen LogP contribution in [0.15, 0.2) is 29.3 Å². The Labute approximate surface area is 88.4 Å². The number of halogens is 1. The highest BCUT2D eigenvalue weighted by molar-refractivity contribution is 5.81. The number of hydrogen-bond donors (Lipinski definition) is 2. The van der Waals surface area contributed by atoms with Crippen LogP contribution >= 0.6 is 0 Å². The largest absolute Gasteiger partial charge is 0.355 e. The first kappa shape index (κ1) is 9.96. The molecule has 0 aliphatic carbocycles. The number of hydrogen-bond acceptors (Lipinski definition) is 3. The second-order valence-corrected chi connectivity index (χ2v) is 3.57. The van der Waals surface area contributed by atoms with Gasteiger partial charge in [0.1, 0.15) is 5.82 Å². The topological polar surface area (TPSA) is 36.4 Å². The van der Waals surface area contributed by atoms with E-state index in [1.165, 1.54) is 12.1 Å². The normalized spacial score (nSPS) is 16.8. The molecule has 1 aliphatic heterocycles. The van der Waals surface area contributed by atoms with Crippen LogP contribution in [0.4, 0.5) is 4.39 Å². The average Bonchev–Trinajstić information content (AvgIpc) is 2.71. The Morgan fingerprint density at radius 2 is 2.13 bits per heavy atom. The predicted molar refractivity (Wildman–Crippen MR) is 58.3 cm³/mol. The van der Waals surface area contributed by atoms with E-state index in [1.54, 1.807) is 12.1 Å². The van der Waals surface area contributed by atoms with E-state index in [1.807, 2.05) is 6.92 Å². The molecule has 3 nitrogen and oxygen atoms in total. The number of guanidine groups is 1. The first-order valence-corrected chi connectivity index (χ1v) is 5.06. The van der Waals surface area contributed by atoms with E-state index in [0.29, 0.717) is 0 Å². The van der Waals surface area contributed by atoms with Gasteiger partial charge in [-0.3, -0.25) is 4.99 Å². The van der Waals surface area contributed by atoms with Crippen LogP contribution in [0.1, 0.15) is 18.5 Å². The molecule has 0 bridgehead atoms. The number of rotatable bonds is 2.